The fourth-order valence-electron chi connectivity index (χ4n) is 4.73. The average molecular weight is 575 g/mol. The lowest BCUT2D eigenvalue weighted by Crippen LogP contribution is -2.22. The van der Waals surface area contributed by atoms with E-state index in [-0.39, 0.29) is 11.5 Å². The van der Waals surface area contributed by atoms with E-state index in [1.54, 1.807) is 6.20 Å². The van der Waals surface area contributed by atoms with Gasteiger partial charge >= 0.3 is 0 Å². The largest absolute Gasteiger partial charge is 0.437 e. The van der Waals surface area contributed by atoms with Crippen LogP contribution in [0, 0.1) is 0 Å². The Bertz CT molecular complexity index is 1640. The lowest BCUT2D eigenvalue weighted by Gasteiger charge is -2.25. The van der Waals surface area contributed by atoms with Gasteiger partial charge in [0.1, 0.15) is 11.4 Å². The van der Waals surface area contributed by atoms with Gasteiger partial charge in [-0.3, -0.25) is 4.90 Å². The number of pyridine rings is 1. The van der Waals surface area contributed by atoms with Gasteiger partial charge in [-0.25, -0.2) is 9.97 Å². The molecule has 40 heavy (non-hydrogen) atoms. The van der Waals surface area contributed by atoms with E-state index in [0.717, 1.165) is 45.7 Å². The van der Waals surface area contributed by atoms with Crippen LogP contribution in [-0.4, -0.2) is 26.9 Å². The highest BCUT2D eigenvalue weighted by Crippen LogP contribution is 2.36. The third kappa shape index (κ3) is 6.09. The van der Waals surface area contributed by atoms with E-state index < -0.39 is 0 Å². The van der Waals surface area contributed by atoms with Crippen LogP contribution < -0.4 is 10.1 Å². The first-order chi connectivity index (χ1) is 19.1. The molecule has 0 radical (unpaired) electrons. The summed E-state index contributed by atoms with van der Waals surface area (Å²) in [6.07, 6.45) is 1.72. The Balaban J connectivity index is 1.39. The van der Waals surface area contributed by atoms with Crippen LogP contribution in [0.15, 0.2) is 79.0 Å². The number of halogens is 2. The fourth-order valence-corrected chi connectivity index (χ4v) is 5.05. The highest BCUT2D eigenvalue weighted by molar-refractivity contribution is 6.42. The number of nitrogens with zero attached hydrogens (tertiary/aromatic N) is 3. The Labute approximate surface area is 245 Å². The minimum absolute atomic E-state index is 0.0717. The monoisotopic (exact) mass is 573 g/mol. The summed E-state index contributed by atoms with van der Waals surface area (Å²) in [7, 11) is 2.09. The molecule has 8 heteroatoms. The third-order valence-electron chi connectivity index (χ3n) is 7.00. The zero-order chi connectivity index (χ0) is 28.4. The number of benzene rings is 3. The summed E-state index contributed by atoms with van der Waals surface area (Å²) in [6.45, 7) is 9.40. The standard InChI is InChI=1S/C32H33Cl2N5O/c1-20(39(5)19-21-15-16-24(33)25(34)18-21)22-10-8-12-26-29(22)38-31(36-26)37-27-13-9-17-35-30(27)40-28-14-7-6-11-23(28)32(2,3)4/h6-18,20H,19H2,1-5H3,(H2,36,37,38). The molecule has 0 amide bonds. The maximum absolute atomic E-state index is 6.34. The summed E-state index contributed by atoms with van der Waals surface area (Å²) >= 11 is 12.3. The van der Waals surface area contributed by atoms with Crippen LogP contribution in [0.1, 0.15) is 50.4 Å². The second-order valence-corrected chi connectivity index (χ2v) is 11.8. The van der Waals surface area contributed by atoms with E-state index in [4.69, 9.17) is 32.9 Å². The number of para-hydroxylation sites is 2. The molecule has 0 saturated carbocycles. The number of ether oxygens (including phenoxy) is 1. The molecular formula is C32H33Cl2N5O. The summed E-state index contributed by atoms with van der Waals surface area (Å²) in [5, 5.41) is 4.51. The van der Waals surface area contributed by atoms with Crippen molar-refractivity contribution in [3.05, 3.63) is 106 Å². The Hall–Kier alpha value is -3.58. The first-order valence-corrected chi connectivity index (χ1v) is 14.0. The summed E-state index contributed by atoms with van der Waals surface area (Å²) in [5.41, 5.74) is 5.82. The number of aromatic amines is 1. The number of imidazole rings is 1. The number of anilines is 2. The lowest BCUT2D eigenvalue weighted by molar-refractivity contribution is 0.254. The van der Waals surface area contributed by atoms with Crippen molar-refractivity contribution in [2.75, 3.05) is 12.4 Å². The molecule has 1 unspecified atom stereocenters. The molecule has 0 fully saturated rings. The molecular weight excluding hydrogens is 541 g/mol. The van der Waals surface area contributed by atoms with E-state index >= 15 is 0 Å². The predicted octanol–water partition coefficient (Wildman–Crippen LogP) is 9.29. The number of fused-ring (bicyclic) bond motifs is 1. The maximum atomic E-state index is 6.34. The van der Waals surface area contributed by atoms with E-state index in [9.17, 15) is 0 Å². The highest BCUT2D eigenvalue weighted by Gasteiger charge is 2.21. The molecule has 0 aliphatic carbocycles. The summed E-state index contributed by atoms with van der Waals surface area (Å²) in [5.74, 6) is 1.88. The van der Waals surface area contributed by atoms with Gasteiger partial charge in [0.15, 0.2) is 0 Å². The Morgan fingerprint density at radius 2 is 1.77 bits per heavy atom. The van der Waals surface area contributed by atoms with Crippen molar-refractivity contribution in [1.82, 2.24) is 19.9 Å². The van der Waals surface area contributed by atoms with Gasteiger partial charge in [0, 0.05) is 24.3 Å². The van der Waals surface area contributed by atoms with E-state index in [1.807, 2.05) is 60.7 Å². The van der Waals surface area contributed by atoms with Crippen molar-refractivity contribution in [2.45, 2.75) is 45.7 Å². The molecule has 2 aromatic heterocycles. The van der Waals surface area contributed by atoms with E-state index in [2.05, 4.69) is 67.1 Å². The van der Waals surface area contributed by atoms with Crippen molar-refractivity contribution in [3.8, 4) is 11.6 Å². The van der Waals surface area contributed by atoms with Gasteiger partial charge in [-0.2, -0.15) is 0 Å². The Morgan fingerprint density at radius 1 is 0.975 bits per heavy atom. The molecule has 206 valence electrons. The van der Waals surface area contributed by atoms with Crippen LogP contribution in [0.2, 0.25) is 10.0 Å². The Kier molecular flexibility index (Phi) is 8.04. The number of hydrogen-bond donors (Lipinski definition) is 2. The van der Waals surface area contributed by atoms with Gasteiger partial charge in [0.25, 0.3) is 0 Å². The molecule has 1 atom stereocenters. The smallest absolute Gasteiger partial charge is 0.243 e. The number of H-pyrrole nitrogens is 1. The molecule has 0 aliphatic heterocycles. The molecule has 0 spiro atoms. The molecule has 3 aromatic carbocycles. The second-order valence-electron chi connectivity index (χ2n) is 11.0. The number of aromatic nitrogens is 3. The maximum Gasteiger partial charge on any atom is 0.243 e. The molecule has 6 nitrogen and oxygen atoms in total. The van der Waals surface area contributed by atoms with Crippen LogP contribution in [0.5, 0.6) is 11.6 Å². The van der Waals surface area contributed by atoms with Crippen molar-refractivity contribution >= 4 is 45.9 Å². The van der Waals surface area contributed by atoms with Gasteiger partial charge in [-0.05, 0) is 66.9 Å². The minimum Gasteiger partial charge on any atom is -0.437 e. The SMILES string of the molecule is CC(c1cccc2[nH]c(Nc3cccnc3Oc3ccccc3C(C)(C)C)nc12)N(C)Cc1ccc(Cl)c(Cl)c1. The van der Waals surface area contributed by atoms with Gasteiger partial charge in [0.2, 0.25) is 11.8 Å². The summed E-state index contributed by atoms with van der Waals surface area (Å²) < 4.78 is 6.34. The Morgan fingerprint density at radius 3 is 2.55 bits per heavy atom. The molecule has 0 saturated heterocycles. The van der Waals surface area contributed by atoms with Crippen LogP contribution in [-0.2, 0) is 12.0 Å². The van der Waals surface area contributed by atoms with Gasteiger partial charge in [-0.1, -0.05) is 80.4 Å². The molecule has 0 bridgehead atoms. The molecule has 2 N–H and O–H groups in total. The van der Waals surface area contributed by atoms with E-state index in [1.165, 1.54) is 0 Å². The van der Waals surface area contributed by atoms with Crippen molar-refractivity contribution in [1.29, 1.82) is 0 Å². The second kappa shape index (κ2) is 11.5. The molecule has 5 aromatic rings. The van der Waals surface area contributed by atoms with Crippen molar-refractivity contribution in [2.24, 2.45) is 0 Å². The van der Waals surface area contributed by atoms with Crippen LogP contribution >= 0.6 is 23.2 Å². The summed E-state index contributed by atoms with van der Waals surface area (Å²) in [6, 6.07) is 23.9. The normalized spacial score (nSPS) is 12.6. The lowest BCUT2D eigenvalue weighted by atomic mass is 9.86. The van der Waals surface area contributed by atoms with Gasteiger partial charge in [0.05, 0.1) is 21.1 Å². The van der Waals surface area contributed by atoms with Gasteiger partial charge < -0.3 is 15.0 Å². The number of rotatable bonds is 8. The fraction of sp³-hybridized carbons (Fsp3) is 0.250. The first kappa shape index (κ1) is 28.0. The van der Waals surface area contributed by atoms with Crippen molar-refractivity contribution < 1.29 is 4.74 Å². The quantitative estimate of drug-likeness (QED) is 0.193. The van der Waals surface area contributed by atoms with E-state index in [0.29, 0.717) is 21.9 Å². The minimum atomic E-state index is -0.0717. The predicted molar refractivity (Wildman–Crippen MR) is 165 cm³/mol. The topological polar surface area (TPSA) is 66.1 Å². The summed E-state index contributed by atoms with van der Waals surface area (Å²) in [4.78, 5) is 15.1. The van der Waals surface area contributed by atoms with Crippen LogP contribution in [0.3, 0.4) is 0 Å². The zero-order valence-corrected chi connectivity index (χ0v) is 24.8. The zero-order valence-electron chi connectivity index (χ0n) is 23.3. The van der Waals surface area contributed by atoms with Crippen molar-refractivity contribution in [3.63, 3.8) is 0 Å². The molecule has 5 rings (SSSR count). The highest BCUT2D eigenvalue weighted by atomic mass is 35.5. The number of hydrogen-bond acceptors (Lipinski definition) is 5. The molecule has 0 aliphatic rings. The van der Waals surface area contributed by atoms with Crippen LogP contribution in [0.4, 0.5) is 11.6 Å². The third-order valence-corrected chi connectivity index (χ3v) is 7.74. The average Bonchev–Trinajstić information content (AvgIpc) is 3.34. The molecule has 2 heterocycles. The van der Waals surface area contributed by atoms with Crippen LogP contribution in [0.25, 0.3) is 11.0 Å². The van der Waals surface area contributed by atoms with Gasteiger partial charge in [-0.15, -0.1) is 0 Å². The number of nitrogens with one attached hydrogen (secondary N) is 2. The first-order valence-electron chi connectivity index (χ1n) is 13.2.